The molecule has 21 heavy (non-hydrogen) atoms. The van der Waals surface area contributed by atoms with Crippen molar-refractivity contribution in [2.24, 2.45) is 0 Å². The lowest BCUT2D eigenvalue weighted by Gasteiger charge is -2.08. The Morgan fingerprint density at radius 3 is 2.38 bits per heavy atom. The van der Waals surface area contributed by atoms with Crippen molar-refractivity contribution in [2.45, 2.75) is 30.6 Å². The molecule has 0 bridgehead atoms. The SMILES string of the molecule is CNCCCc1ccc(S(=O)(=O)NCCCCOC)cc1. The summed E-state index contributed by atoms with van der Waals surface area (Å²) in [7, 11) is 0.173. The molecule has 0 unspecified atom stereocenters. The summed E-state index contributed by atoms with van der Waals surface area (Å²) in [6.07, 6.45) is 3.62. The Morgan fingerprint density at radius 2 is 1.76 bits per heavy atom. The summed E-state index contributed by atoms with van der Waals surface area (Å²) >= 11 is 0. The van der Waals surface area contributed by atoms with Gasteiger partial charge in [-0.05, 0) is 57.0 Å². The second-order valence-corrected chi connectivity index (χ2v) is 6.72. The predicted octanol–water partition coefficient (Wildman–Crippen LogP) is 1.54. The third kappa shape index (κ3) is 7.04. The van der Waals surface area contributed by atoms with Gasteiger partial charge < -0.3 is 10.1 Å². The summed E-state index contributed by atoms with van der Waals surface area (Å²) in [5.41, 5.74) is 1.16. The van der Waals surface area contributed by atoms with Gasteiger partial charge in [-0.3, -0.25) is 0 Å². The molecule has 0 aliphatic rings. The minimum absolute atomic E-state index is 0.326. The Labute approximate surface area is 128 Å². The van der Waals surface area contributed by atoms with Crippen molar-refractivity contribution in [1.82, 2.24) is 10.0 Å². The van der Waals surface area contributed by atoms with Gasteiger partial charge in [0.25, 0.3) is 0 Å². The number of hydrogen-bond donors (Lipinski definition) is 2. The fourth-order valence-electron chi connectivity index (χ4n) is 1.97. The maximum Gasteiger partial charge on any atom is 0.240 e. The van der Waals surface area contributed by atoms with Gasteiger partial charge in [-0.1, -0.05) is 12.1 Å². The topological polar surface area (TPSA) is 67.4 Å². The van der Waals surface area contributed by atoms with E-state index in [2.05, 4.69) is 10.0 Å². The maximum absolute atomic E-state index is 12.1. The lowest BCUT2D eigenvalue weighted by Crippen LogP contribution is -2.25. The molecule has 0 aliphatic carbocycles. The molecular weight excluding hydrogens is 288 g/mol. The van der Waals surface area contributed by atoms with Gasteiger partial charge in [0, 0.05) is 20.3 Å². The van der Waals surface area contributed by atoms with E-state index in [9.17, 15) is 8.42 Å². The maximum atomic E-state index is 12.1. The van der Waals surface area contributed by atoms with Crippen LogP contribution >= 0.6 is 0 Å². The van der Waals surface area contributed by atoms with Gasteiger partial charge in [-0.2, -0.15) is 0 Å². The molecular formula is C15H26N2O3S. The molecule has 0 spiro atoms. The lowest BCUT2D eigenvalue weighted by molar-refractivity contribution is 0.193. The van der Waals surface area contributed by atoms with E-state index in [1.165, 1.54) is 0 Å². The molecule has 0 aliphatic heterocycles. The molecule has 6 heteroatoms. The second kappa shape index (κ2) is 9.89. The predicted molar refractivity (Wildman–Crippen MR) is 85.0 cm³/mol. The quantitative estimate of drug-likeness (QED) is 0.608. The fourth-order valence-corrected chi connectivity index (χ4v) is 3.04. The second-order valence-electron chi connectivity index (χ2n) is 4.95. The summed E-state index contributed by atoms with van der Waals surface area (Å²) in [5.74, 6) is 0. The van der Waals surface area contributed by atoms with Crippen LogP contribution in [0.4, 0.5) is 0 Å². The van der Waals surface area contributed by atoms with Gasteiger partial charge >= 0.3 is 0 Å². The number of sulfonamides is 1. The lowest BCUT2D eigenvalue weighted by atomic mass is 10.1. The highest BCUT2D eigenvalue weighted by atomic mass is 32.2. The van der Waals surface area contributed by atoms with E-state index in [1.807, 2.05) is 19.2 Å². The van der Waals surface area contributed by atoms with Gasteiger partial charge in [0.05, 0.1) is 4.90 Å². The number of nitrogens with one attached hydrogen (secondary N) is 2. The molecule has 120 valence electrons. The molecule has 0 aromatic heterocycles. The molecule has 0 heterocycles. The van der Waals surface area contributed by atoms with E-state index in [0.717, 1.165) is 37.8 Å². The molecule has 0 radical (unpaired) electrons. The highest BCUT2D eigenvalue weighted by Gasteiger charge is 2.12. The number of hydrogen-bond acceptors (Lipinski definition) is 4. The first-order valence-electron chi connectivity index (χ1n) is 7.32. The summed E-state index contributed by atoms with van der Waals surface area (Å²) in [5, 5.41) is 3.10. The monoisotopic (exact) mass is 314 g/mol. The van der Waals surface area contributed by atoms with Crippen LogP contribution in [0.25, 0.3) is 0 Å². The summed E-state index contributed by atoms with van der Waals surface area (Å²) in [6, 6.07) is 7.11. The molecule has 0 atom stereocenters. The van der Waals surface area contributed by atoms with E-state index in [1.54, 1.807) is 19.2 Å². The first kappa shape index (κ1) is 18.1. The average molecular weight is 314 g/mol. The van der Waals surface area contributed by atoms with Crippen LogP contribution in [0, 0.1) is 0 Å². The largest absolute Gasteiger partial charge is 0.385 e. The van der Waals surface area contributed by atoms with Crippen molar-refractivity contribution in [3.8, 4) is 0 Å². The third-order valence-corrected chi connectivity index (χ3v) is 4.67. The molecule has 0 saturated heterocycles. The number of benzene rings is 1. The number of ether oxygens (including phenoxy) is 1. The molecule has 0 amide bonds. The van der Waals surface area contributed by atoms with Crippen LogP contribution in [0.15, 0.2) is 29.2 Å². The normalized spacial score (nSPS) is 11.7. The zero-order valence-electron chi connectivity index (χ0n) is 12.9. The Bertz CT molecular complexity index is 486. The van der Waals surface area contributed by atoms with Crippen LogP contribution in [0.1, 0.15) is 24.8 Å². The van der Waals surface area contributed by atoms with Crippen LogP contribution in [-0.2, 0) is 21.2 Å². The van der Waals surface area contributed by atoms with Crippen molar-refractivity contribution in [2.75, 3.05) is 33.9 Å². The first-order valence-corrected chi connectivity index (χ1v) is 8.80. The number of aryl methyl sites for hydroxylation is 1. The van der Waals surface area contributed by atoms with Gasteiger partial charge in [0.1, 0.15) is 0 Å². The summed E-state index contributed by atoms with van der Waals surface area (Å²) in [4.78, 5) is 0.326. The highest BCUT2D eigenvalue weighted by molar-refractivity contribution is 7.89. The zero-order chi connectivity index (χ0) is 15.6. The fraction of sp³-hybridized carbons (Fsp3) is 0.600. The Balaban J connectivity index is 2.47. The first-order chi connectivity index (χ1) is 10.1. The Hall–Kier alpha value is -0.950. The smallest absolute Gasteiger partial charge is 0.240 e. The summed E-state index contributed by atoms with van der Waals surface area (Å²) < 4.78 is 31.7. The van der Waals surface area contributed by atoms with Crippen molar-refractivity contribution >= 4 is 10.0 Å². The van der Waals surface area contributed by atoms with Crippen LogP contribution in [0.2, 0.25) is 0 Å². The summed E-state index contributed by atoms with van der Waals surface area (Å²) in [6.45, 7) is 2.06. The van der Waals surface area contributed by atoms with Crippen molar-refractivity contribution < 1.29 is 13.2 Å². The van der Waals surface area contributed by atoms with E-state index < -0.39 is 10.0 Å². The minimum Gasteiger partial charge on any atom is -0.385 e. The number of methoxy groups -OCH3 is 1. The van der Waals surface area contributed by atoms with E-state index in [-0.39, 0.29) is 0 Å². The third-order valence-electron chi connectivity index (χ3n) is 3.19. The molecule has 1 rings (SSSR count). The Morgan fingerprint density at radius 1 is 1.05 bits per heavy atom. The Kier molecular flexibility index (Phi) is 8.52. The van der Waals surface area contributed by atoms with Crippen molar-refractivity contribution in [1.29, 1.82) is 0 Å². The number of rotatable bonds is 11. The minimum atomic E-state index is -3.39. The zero-order valence-corrected chi connectivity index (χ0v) is 13.7. The molecule has 5 nitrogen and oxygen atoms in total. The molecule has 0 fully saturated rings. The van der Waals surface area contributed by atoms with Crippen LogP contribution in [0.5, 0.6) is 0 Å². The molecule has 2 N–H and O–H groups in total. The van der Waals surface area contributed by atoms with Crippen LogP contribution in [-0.4, -0.2) is 42.3 Å². The van der Waals surface area contributed by atoms with Gasteiger partial charge in [0.15, 0.2) is 0 Å². The van der Waals surface area contributed by atoms with Crippen LogP contribution < -0.4 is 10.0 Å². The van der Waals surface area contributed by atoms with Crippen molar-refractivity contribution in [3.05, 3.63) is 29.8 Å². The molecule has 1 aromatic carbocycles. The molecule has 1 aromatic rings. The average Bonchev–Trinajstić information content (AvgIpc) is 2.48. The van der Waals surface area contributed by atoms with Gasteiger partial charge in [-0.25, -0.2) is 13.1 Å². The van der Waals surface area contributed by atoms with Crippen LogP contribution in [0.3, 0.4) is 0 Å². The van der Waals surface area contributed by atoms with Crippen molar-refractivity contribution in [3.63, 3.8) is 0 Å². The highest BCUT2D eigenvalue weighted by Crippen LogP contribution is 2.11. The van der Waals surface area contributed by atoms with Gasteiger partial charge in [0.2, 0.25) is 10.0 Å². The van der Waals surface area contributed by atoms with E-state index >= 15 is 0 Å². The number of unbranched alkanes of at least 4 members (excludes halogenated alkanes) is 1. The molecule has 0 saturated carbocycles. The van der Waals surface area contributed by atoms with Gasteiger partial charge in [-0.15, -0.1) is 0 Å². The standard InChI is InChI=1S/C15H26N2O3S/c1-16-11-5-6-14-7-9-15(10-8-14)21(18,19)17-12-3-4-13-20-2/h7-10,16-17H,3-6,11-13H2,1-2H3. The van der Waals surface area contributed by atoms with E-state index in [0.29, 0.717) is 18.0 Å². The van der Waals surface area contributed by atoms with E-state index in [4.69, 9.17) is 4.74 Å².